The van der Waals surface area contributed by atoms with E-state index in [0.717, 1.165) is 32.4 Å². The molecule has 2 nitrogen and oxygen atoms in total. The largest absolute Gasteiger partial charge is 0.343 e. The van der Waals surface area contributed by atoms with Crippen LogP contribution in [0, 0.1) is 12.3 Å². The molecule has 0 atom stereocenters. The number of piperidine rings is 1. The second-order valence-corrected chi connectivity index (χ2v) is 4.31. The quantitative estimate of drug-likeness (QED) is 0.642. The third-order valence-corrected chi connectivity index (χ3v) is 3.33. The van der Waals surface area contributed by atoms with Crippen LogP contribution >= 0.6 is 0 Å². The highest BCUT2D eigenvalue weighted by molar-refractivity contribution is 5.73. The van der Waals surface area contributed by atoms with Crippen LogP contribution in [0.3, 0.4) is 0 Å². The van der Waals surface area contributed by atoms with Crippen molar-refractivity contribution in [3.8, 4) is 0 Å². The first kappa shape index (κ1) is 10.5. The van der Waals surface area contributed by atoms with Crippen molar-refractivity contribution in [2.45, 2.75) is 26.2 Å². The number of allylic oxidation sites excluding steroid dienone is 4. The summed E-state index contributed by atoms with van der Waals surface area (Å²) >= 11 is 0. The molecule has 1 saturated heterocycles. The van der Waals surface area contributed by atoms with Gasteiger partial charge in [0.05, 0.1) is 0 Å². The molecule has 0 spiro atoms. The van der Waals surface area contributed by atoms with Crippen molar-refractivity contribution < 1.29 is 4.79 Å². The fourth-order valence-electron chi connectivity index (χ4n) is 2.36. The molecule has 0 bridgehead atoms. The van der Waals surface area contributed by atoms with Crippen molar-refractivity contribution in [3.63, 3.8) is 0 Å². The number of carbonyl (C=O) groups excluding carboxylic acids is 1. The van der Waals surface area contributed by atoms with Crippen molar-refractivity contribution in [1.29, 1.82) is 0 Å². The van der Waals surface area contributed by atoms with E-state index in [1.807, 2.05) is 4.90 Å². The summed E-state index contributed by atoms with van der Waals surface area (Å²) in [7, 11) is 0. The number of amides is 1. The van der Waals surface area contributed by atoms with Crippen molar-refractivity contribution in [2.24, 2.45) is 5.92 Å². The van der Waals surface area contributed by atoms with Gasteiger partial charge in [-0.15, -0.1) is 0 Å². The van der Waals surface area contributed by atoms with Crippen LogP contribution in [-0.4, -0.2) is 23.9 Å². The summed E-state index contributed by atoms with van der Waals surface area (Å²) in [6, 6.07) is 0. The van der Waals surface area contributed by atoms with E-state index in [0.29, 0.717) is 5.92 Å². The van der Waals surface area contributed by atoms with E-state index in [9.17, 15) is 4.79 Å². The maximum atomic E-state index is 11.2. The highest BCUT2D eigenvalue weighted by atomic mass is 16.2. The SMILES string of the molecule is CC(=O)N1CCC(C2=CC[CH]C=C2)CC1. The number of hydrogen-bond donors (Lipinski definition) is 0. The molecule has 0 aromatic heterocycles. The lowest BCUT2D eigenvalue weighted by atomic mass is 9.86. The van der Waals surface area contributed by atoms with Gasteiger partial charge in [-0.3, -0.25) is 4.79 Å². The summed E-state index contributed by atoms with van der Waals surface area (Å²) < 4.78 is 0. The molecule has 1 heterocycles. The van der Waals surface area contributed by atoms with Gasteiger partial charge in [-0.2, -0.15) is 0 Å². The minimum atomic E-state index is 0.218. The molecule has 2 rings (SSSR count). The summed E-state index contributed by atoms with van der Waals surface area (Å²) in [6.45, 7) is 3.51. The molecule has 1 amide bonds. The second kappa shape index (κ2) is 4.65. The summed E-state index contributed by atoms with van der Waals surface area (Å²) in [5.74, 6) is 0.889. The molecule has 81 valence electrons. The average molecular weight is 204 g/mol. The fourth-order valence-corrected chi connectivity index (χ4v) is 2.36. The predicted molar refractivity (Wildman–Crippen MR) is 61.1 cm³/mol. The Balaban J connectivity index is 1.90. The lowest BCUT2D eigenvalue weighted by molar-refractivity contribution is -0.130. The molecular formula is C13H18NO. The Hall–Kier alpha value is -1.05. The summed E-state index contributed by atoms with van der Waals surface area (Å²) in [5, 5.41) is 0. The molecule has 1 aliphatic heterocycles. The van der Waals surface area contributed by atoms with Gasteiger partial charge >= 0.3 is 0 Å². The van der Waals surface area contributed by atoms with Crippen molar-refractivity contribution in [3.05, 3.63) is 30.2 Å². The van der Waals surface area contributed by atoms with Crippen LogP contribution in [-0.2, 0) is 4.79 Å². The molecule has 0 aromatic rings. The van der Waals surface area contributed by atoms with Gasteiger partial charge in [-0.25, -0.2) is 0 Å². The van der Waals surface area contributed by atoms with Crippen LogP contribution < -0.4 is 0 Å². The number of hydrogen-bond acceptors (Lipinski definition) is 1. The van der Waals surface area contributed by atoms with Crippen LogP contribution in [0.4, 0.5) is 0 Å². The third kappa shape index (κ3) is 2.49. The minimum Gasteiger partial charge on any atom is -0.343 e. The molecular weight excluding hydrogens is 186 g/mol. The molecule has 15 heavy (non-hydrogen) atoms. The zero-order chi connectivity index (χ0) is 10.7. The second-order valence-electron chi connectivity index (χ2n) is 4.31. The van der Waals surface area contributed by atoms with Crippen molar-refractivity contribution >= 4 is 5.91 Å². The van der Waals surface area contributed by atoms with Gasteiger partial charge in [0.1, 0.15) is 0 Å². The maximum Gasteiger partial charge on any atom is 0.219 e. The van der Waals surface area contributed by atoms with Crippen LogP contribution in [0.15, 0.2) is 23.8 Å². The van der Waals surface area contributed by atoms with Gasteiger partial charge in [0, 0.05) is 20.0 Å². The van der Waals surface area contributed by atoms with Gasteiger partial charge in [0.25, 0.3) is 0 Å². The first-order chi connectivity index (χ1) is 7.27. The summed E-state index contributed by atoms with van der Waals surface area (Å²) in [6.07, 6.45) is 12.2. The Morgan fingerprint density at radius 3 is 2.67 bits per heavy atom. The normalized spacial score (nSPS) is 22.7. The summed E-state index contributed by atoms with van der Waals surface area (Å²) in [5.41, 5.74) is 1.47. The molecule has 2 aliphatic rings. The number of nitrogens with zero attached hydrogens (tertiary/aromatic N) is 1. The number of carbonyl (C=O) groups is 1. The maximum absolute atomic E-state index is 11.2. The molecule has 1 fully saturated rings. The van der Waals surface area contributed by atoms with E-state index < -0.39 is 0 Å². The fraction of sp³-hybridized carbons (Fsp3) is 0.538. The van der Waals surface area contributed by atoms with Gasteiger partial charge in [0.2, 0.25) is 5.91 Å². The molecule has 0 unspecified atom stereocenters. The Kier molecular flexibility index (Phi) is 3.24. The van der Waals surface area contributed by atoms with Crippen molar-refractivity contribution in [2.75, 3.05) is 13.1 Å². The Bertz CT molecular complexity index is 296. The predicted octanol–water partition coefficient (Wildman–Crippen LogP) is 2.34. The smallest absolute Gasteiger partial charge is 0.219 e. The zero-order valence-electron chi connectivity index (χ0n) is 9.28. The minimum absolute atomic E-state index is 0.218. The van der Waals surface area contributed by atoms with Crippen molar-refractivity contribution in [1.82, 2.24) is 4.90 Å². The standard InChI is InChI=1S/C13H18NO/c1-11(15)14-9-7-13(8-10-14)12-5-3-2-4-6-12/h2-3,5-6,13H,4,7-10H2,1H3. The lowest BCUT2D eigenvalue weighted by Gasteiger charge is -2.32. The number of rotatable bonds is 1. The molecule has 0 aromatic carbocycles. The van der Waals surface area contributed by atoms with E-state index in [4.69, 9.17) is 0 Å². The van der Waals surface area contributed by atoms with Gasteiger partial charge in [-0.1, -0.05) is 18.2 Å². The molecule has 1 radical (unpaired) electrons. The average Bonchev–Trinajstić information content (AvgIpc) is 2.30. The van der Waals surface area contributed by atoms with Crippen LogP contribution in [0.1, 0.15) is 26.2 Å². The topological polar surface area (TPSA) is 20.3 Å². The van der Waals surface area contributed by atoms with Gasteiger partial charge in [0.15, 0.2) is 0 Å². The van der Waals surface area contributed by atoms with Crippen LogP contribution in [0.5, 0.6) is 0 Å². The van der Waals surface area contributed by atoms with E-state index in [1.165, 1.54) is 5.57 Å². The first-order valence-electron chi connectivity index (χ1n) is 5.73. The van der Waals surface area contributed by atoms with E-state index in [2.05, 4.69) is 24.6 Å². The molecule has 0 saturated carbocycles. The van der Waals surface area contributed by atoms with E-state index in [-0.39, 0.29) is 5.91 Å². The molecule has 1 aliphatic carbocycles. The van der Waals surface area contributed by atoms with Crippen LogP contribution in [0.25, 0.3) is 0 Å². The molecule has 2 heteroatoms. The zero-order valence-corrected chi connectivity index (χ0v) is 9.28. The van der Waals surface area contributed by atoms with E-state index in [1.54, 1.807) is 6.92 Å². The first-order valence-corrected chi connectivity index (χ1v) is 5.73. The summed E-state index contributed by atoms with van der Waals surface area (Å²) in [4.78, 5) is 13.1. The van der Waals surface area contributed by atoms with E-state index >= 15 is 0 Å². The monoisotopic (exact) mass is 204 g/mol. The number of likely N-dealkylation sites (tertiary alicyclic amines) is 1. The van der Waals surface area contributed by atoms with Crippen LogP contribution in [0.2, 0.25) is 0 Å². The van der Waals surface area contributed by atoms with Gasteiger partial charge in [-0.05, 0) is 37.2 Å². The Morgan fingerprint density at radius 2 is 2.13 bits per heavy atom. The molecule has 0 N–H and O–H groups in total. The van der Waals surface area contributed by atoms with Gasteiger partial charge < -0.3 is 4.90 Å². The third-order valence-electron chi connectivity index (χ3n) is 3.33. The Morgan fingerprint density at radius 1 is 1.40 bits per heavy atom. The highest BCUT2D eigenvalue weighted by Crippen LogP contribution is 2.27. The Labute approximate surface area is 91.6 Å². The highest BCUT2D eigenvalue weighted by Gasteiger charge is 2.22. The lowest BCUT2D eigenvalue weighted by Crippen LogP contribution is -2.37.